The van der Waals surface area contributed by atoms with Crippen LogP contribution in [0.25, 0.3) is 22.2 Å². The predicted molar refractivity (Wildman–Crippen MR) is 68.7 cm³/mol. The molecule has 1 N–H and O–H groups in total. The van der Waals surface area contributed by atoms with E-state index in [9.17, 15) is 0 Å². The molecule has 17 heavy (non-hydrogen) atoms. The molecule has 3 aromatic rings. The van der Waals surface area contributed by atoms with Crippen molar-refractivity contribution in [1.82, 2.24) is 15.0 Å². The summed E-state index contributed by atoms with van der Waals surface area (Å²) in [6.45, 7) is 2.12. The van der Waals surface area contributed by atoms with Gasteiger partial charge in [0.25, 0.3) is 0 Å². The Bertz CT molecular complexity index is 655. The standard InChI is InChI=1S/C14H13N3/c1-2-10-7-15-9-17-14(10)12-8-16-13-6-4-3-5-11(12)13/h3-9,16H,2H2,1H3. The quantitative estimate of drug-likeness (QED) is 0.725. The average molecular weight is 223 g/mol. The summed E-state index contributed by atoms with van der Waals surface area (Å²) in [5.74, 6) is 0. The van der Waals surface area contributed by atoms with E-state index in [0.29, 0.717) is 0 Å². The summed E-state index contributed by atoms with van der Waals surface area (Å²) in [6, 6.07) is 8.27. The van der Waals surface area contributed by atoms with Crippen LogP contribution in [-0.2, 0) is 6.42 Å². The Morgan fingerprint density at radius 1 is 1.24 bits per heavy atom. The Balaban J connectivity index is 2.27. The minimum Gasteiger partial charge on any atom is -0.360 e. The Labute approximate surface area is 99.5 Å². The van der Waals surface area contributed by atoms with Crippen LogP contribution in [0.5, 0.6) is 0 Å². The lowest BCUT2D eigenvalue weighted by atomic mass is 10.0. The van der Waals surface area contributed by atoms with Gasteiger partial charge in [-0.25, -0.2) is 9.97 Å². The zero-order valence-electron chi connectivity index (χ0n) is 9.64. The summed E-state index contributed by atoms with van der Waals surface area (Å²) in [4.78, 5) is 11.8. The zero-order valence-corrected chi connectivity index (χ0v) is 9.64. The molecule has 2 heterocycles. The first-order chi connectivity index (χ1) is 8.40. The van der Waals surface area contributed by atoms with Crippen LogP contribution in [-0.4, -0.2) is 15.0 Å². The summed E-state index contributed by atoms with van der Waals surface area (Å²) in [5.41, 5.74) is 4.50. The first-order valence-electron chi connectivity index (χ1n) is 5.75. The SMILES string of the molecule is CCc1cncnc1-c1c[nH]c2ccccc12. The minimum atomic E-state index is 0.940. The first-order valence-corrected chi connectivity index (χ1v) is 5.75. The van der Waals surface area contributed by atoms with Crippen LogP contribution in [0.2, 0.25) is 0 Å². The number of fused-ring (bicyclic) bond motifs is 1. The van der Waals surface area contributed by atoms with Gasteiger partial charge in [0, 0.05) is 28.9 Å². The van der Waals surface area contributed by atoms with Crippen molar-refractivity contribution < 1.29 is 0 Å². The summed E-state index contributed by atoms with van der Waals surface area (Å²) in [5, 5.41) is 1.21. The van der Waals surface area contributed by atoms with E-state index in [-0.39, 0.29) is 0 Å². The van der Waals surface area contributed by atoms with E-state index in [0.717, 1.165) is 23.2 Å². The Hall–Kier alpha value is -2.16. The number of aromatic nitrogens is 3. The van der Waals surface area contributed by atoms with Crippen LogP contribution < -0.4 is 0 Å². The highest BCUT2D eigenvalue weighted by Crippen LogP contribution is 2.28. The highest BCUT2D eigenvalue weighted by Gasteiger charge is 2.10. The minimum absolute atomic E-state index is 0.940. The summed E-state index contributed by atoms with van der Waals surface area (Å²) < 4.78 is 0. The second-order valence-corrected chi connectivity index (χ2v) is 4.00. The highest BCUT2D eigenvalue weighted by molar-refractivity contribution is 5.95. The van der Waals surface area contributed by atoms with Gasteiger partial charge in [-0.3, -0.25) is 0 Å². The third-order valence-electron chi connectivity index (χ3n) is 3.01. The van der Waals surface area contributed by atoms with Gasteiger partial charge in [0.05, 0.1) is 5.69 Å². The Kier molecular flexibility index (Phi) is 2.37. The van der Waals surface area contributed by atoms with Crippen LogP contribution in [0.4, 0.5) is 0 Å². The van der Waals surface area contributed by atoms with Gasteiger partial charge in [-0.15, -0.1) is 0 Å². The molecule has 3 heteroatoms. The number of para-hydroxylation sites is 1. The number of aryl methyl sites for hydroxylation is 1. The maximum atomic E-state index is 4.41. The lowest BCUT2D eigenvalue weighted by molar-refractivity contribution is 1.05. The molecule has 0 spiro atoms. The molecule has 0 aliphatic rings. The van der Waals surface area contributed by atoms with Crippen molar-refractivity contribution in [3.05, 3.63) is 48.5 Å². The van der Waals surface area contributed by atoms with E-state index in [1.807, 2.05) is 24.5 Å². The molecule has 3 nitrogen and oxygen atoms in total. The molecule has 0 radical (unpaired) electrons. The molecule has 0 aliphatic carbocycles. The highest BCUT2D eigenvalue weighted by atomic mass is 14.8. The van der Waals surface area contributed by atoms with E-state index in [2.05, 4.69) is 34.0 Å². The van der Waals surface area contributed by atoms with Gasteiger partial charge < -0.3 is 4.98 Å². The molecule has 0 atom stereocenters. The topological polar surface area (TPSA) is 41.6 Å². The molecular formula is C14H13N3. The Morgan fingerprint density at radius 3 is 3.00 bits per heavy atom. The zero-order chi connectivity index (χ0) is 11.7. The second-order valence-electron chi connectivity index (χ2n) is 4.00. The molecule has 0 amide bonds. The average Bonchev–Trinajstić information content (AvgIpc) is 2.82. The van der Waals surface area contributed by atoms with Crippen molar-refractivity contribution in [3.63, 3.8) is 0 Å². The monoisotopic (exact) mass is 223 g/mol. The molecule has 0 saturated heterocycles. The van der Waals surface area contributed by atoms with Gasteiger partial charge in [-0.05, 0) is 18.1 Å². The van der Waals surface area contributed by atoms with E-state index in [1.165, 1.54) is 10.9 Å². The predicted octanol–water partition coefficient (Wildman–Crippen LogP) is 3.19. The van der Waals surface area contributed by atoms with Gasteiger partial charge in [0.2, 0.25) is 0 Å². The van der Waals surface area contributed by atoms with Crippen LogP contribution in [0.3, 0.4) is 0 Å². The second kappa shape index (κ2) is 4.01. The molecule has 1 aromatic carbocycles. The fourth-order valence-electron chi connectivity index (χ4n) is 2.13. The lowest BCUT2D eigenvalue weighted by Crippen LogP contribution is -1.92. The number of hydrogen-bond acceptors (Lipinski definition) is 2. The van der Waals surface area contributed by atoms with E-state index in [4.69, 9.17) is 0 Å². The van der Waals surface area contributed by atoms with Crippen LogP contribution in [0.15, 0.2) is 43.0 Å². The molecule has 0 fully saturated rings. The number of nitrogens with one attached hydrogen (secondary N) is 1. The number of rotatable bonds is 2. The third kappa shape index (κ3) is 1.60. The molecule has 0 unspecified atom stereocenters. The van der Waals surface area contributed by atoms with Crippen molar-refractivity contribution in [1.29, 1.82) is 0 Å². The fourth-order valence-corrected chi connectivity index (χ4v) is 2.13. The maximum absolute atomic E-state index is 4.41. The largest absolute Gasteiger partial charge is 0.360 e. The molecule has 0 saturated carbocycles. The van der Waals surface area contributed by atoms with Gasteiger partial charge >= 0.3 is 0 Å². The molecule has 3 rings (SSSR count). The van der Waals surface area contributed by atoms with Gasteiger partial charge in [0.15, 0.2) is 0 Å². The normalized spacial score (nSPS) is 10.9. The van der Waals surface area contributed by atoms with Crippen molar-refractivity contribution in [2.45, 2.75) is 13.3 Å². The van der Waals surface area contributed by atoms with Crippen molar-refractivity contribution >= 4 is 10.9 Å². The van der Waals surface area contributed by atoms with E-state index < -0.39 is 0 Å². The van der Waals surface area contributed by atoms with Gasteiger partial charge in [-0.2, -0.15) is 0 Å². The lowest BCUT2D eigenvalue weighted by Gasteiger charge is -2.04. The molecule has 2 aromatic heterocycles. The molecule has 0 bridgehead atoms. The summed E-state index contributed by atoms with van der Waals surface area (Å²) >= 11 is 0. The van der Waals surface area contributed by atoms with E-state index >= 15 is 0 Å². The van der Waals surface area contributed by atoms with Crippen molar-refractivity contribution in [2.24, 2.45) is 0 Å². The van der Waals surface area contributed by atoms with Crippen LogP contribution in [0.1, 0.15) is 12.5 Å². The number of hydrogen-bond donors (Lipinski definition) is 1. The number of aromatic amines is 1. The van der Waals surface area contributed by atoms with E-state index in [1.54, 1.807) is 6.33 Å². The molecule has 84 valence electrons. The summed E-state index contributed by atoms with van der Waals surface area (Å²) in [6.07, 6.45) is 6.46. The maximum Gasteiger partial charge on any atom is 0.116 e. The van der Waals surface area contributed by atoms with Crippen LogP contribution >= 0.6 is 0 Å². The van der Waals surface area contributed by atoms with Crippen LogP contribution in [0, 0.1) is 0 Å². The van der Waals surface area contributed by atoms with Gasteiger partial charge in [-0.1, -0.05) is 25.1 Å². The third-order valence-corrected chi connectivity index (χ3v) is 3.01. The fraction of sp³-hybridized carbons (Fsp3) is 0.143. The van der Waals surface area contributed by atoms with Crippen molar-refractivity contribution in [3.8, 4) is 11.3 Å². The first kappa shape index (κ1) is 10.0. The Morgan fingerprint density at radius 2 is 2.12 bits per heavy atom. The number of benzene rings is 1. The molecule has 0 aliphatic heterocycles. The summed E-state index contributed by atoms with van der Waals surface area (Å²) in [7, 11) is 0. The molecular weight excluding hydrogens is 210 g/mol. The number of H-pyrrole nitrogens is 1. The number of nitrogens with zero attached hydrogens (tertiary/aromatic N) is 2. The smallest absolute Gasteiger partial charge is 0.116 e. The van der Waals surface area contributed by atoms with Gasteiger partial charge in [0.1, 0.15) is 6.33 Å². The van der Waals surface area contributed by atoms with Crippen molar-refractivity contribution in [2.75, 3.05) is 0 Å².